The molecule has 36 valence electrons. The molecule has 0 fully saturated rings. The van der Waals surface area contributed by atoms with Crippen LogP contribution in [0.2, 0.25) is 14.8 Å². The maximum atomic E-state index is 9.92. The first-order valence-corrected chi connectivity index (χ1v) is 12.2. The number of rotatable bonds is 1. The molecule has 0 saturated carbocycles. The Hall–Kier alpha value is 0.469. The molecule has 0 aromatic rings. The van der Waals surface area contributed by atoms with Crippen LogP contribution in [0, 0.1) is 0 Å². The fraction of sp³-hybridized carbons (Fsp3) is 0.750. The van der Waals surface area contributed by atoms with Gasteiger partial charge in [0.15, 0.2) is 0 Å². The zero-order valence-electron chi connectivity index (χ0n) is 4.49. The molecule has 0 aliphatic rings. The first-order chi connectivity index (χ1) is 2.56. The molecule has 0 aromatic heterocycles. The third kappa shape index (κ3) is 4.47. The van der Waals surface area contributed by atoms with Crippen molar-refractivity contribution in [3.63, 3.8) is 0 Å². The number of hydrogen-bond donors (Lipinski definition) is 0. The molecule has 0 unspecified atom stereocenters. The van der Waals surface area contributed by atoms with E-state index in [9.17, 15) is 4.79 Å². The summed E-state index contributed by atoms with van der Waals surface area (Å²) in [6.45, 7) is 0. The minimum absolute atomic E-state index is 1.15. The van der Waals surface area contributed by atoms with Gasteiger partial charge in [-0.05, 0) is 0 Å². The fourth-order valence-electron chi connectivity index (χ4n) is 0. The summed E-state index contributed by atoms with van der Waals surface area (Å²) in [5, 5.41) is 0. The minimum atomic E-state index is -1.91. The van der Waals surface area contributed by atoms with Gasteiger partial charge in [-0.25, -0.2) is 0 Å². The molecular formula is C4H10OSn. The second kappa shape index (κ2) is 1.96. The molecule has 2 heteroatoms. The van der Waals surface area contributed by atoms with Gasteiger partial charge in [-0.1, -0.05) is 0 Å². The van der Waals surface area contributed by atoms with Gasteiger partial charge >= 0.3 is 42.3 Å². The average molecular weight is 193 g/mol. The molecule has 0 radical (unpaired) electrons. The molecule has 0 bridgehead atoms. The van der Waals surface area contributed by atoms with Crippen molar-refractivity contribution in [2.45, 2.75) is 14.8 Å². The summed E-state index contributed by atoms with van der Waals surface area (Å²) in [4.78, 5) is 16.2. The van der Waals surface area contributed by atoms with Crippen LogP contribution in [-0.2, 0) is 4.79 Å². The monoisotopic (exact) mass is 194 g/mol. The molecule has 0 saturated heterocycles. The van der Waals surface area contributed by atoms with E-state index in [0.29, 0.717) is 0 Å². The Bertz CT molecular complexity index is 53.1. The fourth-order valence-corrected chi connectivity index (χ4v) is 0. The third-order valence-electron chi connectivity index (χ3n) is 0.354. The summed E-state index contributed by atoms with van der Waals surface area (Å²) in [6.07, 6.45) is 0. The van der Waals surface area contributed by atoms with Crippen LogP contribution in [0.4, 0.5) is 0 Å². The summed E-state index contributed by atoms with van der Waals surface area (Å²) in [6, 6.07) is 0. The van der Waals surface area contributed by atoms with Gasteiger partial charge in [0.25, 0.3) is 0 Å². The summed E-state index contributed by atoms with van der Waals surface area (Å²) >= 11 is -1.91. The molecule has 0 aliphatic heterocycles. The summed E-state index contributed by atoms with van der Waals surface area (Å²) in [5.41, 5.74) is 0. The Labute approximate surface area is 42.6 Å². The predicted octanol–water partition coefficient (Wildman–Crippen LogP) is 1.10. The number of hydrogen-bond acceptors (Lipinski definition) is 1. The molecule has 0 rings (SSSR count). The molecule has 6 heavy (non-hydrogen) atoms. The van der Waals surface area contributed by atoms with Gasteiger partial charge in [-0.3, -0.25) is 0 Å². The van der Waals surface area contributed by atoms with Crippen LogP contribution in [0.3, 0.4) is 0 Å². The van der Waals surface area contributed by atoms with Gasteiger partial charge < -0.3 is 0 Å². The second-order valence-corrected chi connectivity index (χ2v) is 16.7. The van der Waals surface area contributed by atoms with Gasteiger partial charge in [0.2, 0.25) is 0 Å². The number of carbonyl (C=O) groups excluding carboxylic acids is 1. The Morgan fingerprint density at radius 3 is 1.50 bits per heavy atom. The van der Waals surface area contributed by atoms with Gasteiger partial charge in [0.1, 0.15) is 0 Å². The molecule has 1 nitrogen and oxygen atoms in total. The van der Waals surface area contributed by atoms with Crippen LogP contribution >= 0.6 is 0 Å². The van der Waals surface area contributed by atoms with Crippen molar-refractivity contribution in [2.75, 3.05) is 0 Å². The molecule has 0 aliphatic carbocycles. The molecule has 0 heterocycles. The molecule has 0 N–H and O–H groups in total. The van der Waals surface area contributed by atoms with E-state index >= 15 is 0 Å². The van der Waals surface area contributed by atoms with Crippen molar-refractivity contribution in [3.8, 4) is 0 Å². The van der Waals surface area contributed by atoms with Crippen LogP contribution in [0.1, 0.15) is 0 Å². The van der Waals surface area contributed by atoms with Crippen molar-refractivity contribution in [1.29, 1.82) is 0 Å². The number of carbonyl (C=O) groups is 1. The van der Waals surface area contributed by atoms with Crippen molar-refractivity contribution in [3.05, 3.63) is 0 Å². The Morgan fingerprint density at radius 2 is 1.50 bits per heavy atom. The maximum absolute atomic E-state index is 9.92. The molecule has 0 aromatic carbocycles. The molecule has 0 spiro atoms. The van der Waals surface area contributed by atoms with E-state index < -0.39 is 18.4 Å². The van der Waals surface area contributed by atoms with E-state index in [1.807, 2.05) is 0 Å². The topological polar surface area (TPSA) is 17.1 Å². The first-order valence-electron chi connectivity index (χ1n) is 2.02. The molecular weight excluding hydrogens is 183 g/mol. The average Bonchev–Trinajstić information content (AvgIpc) is 1.35. The Morgan fingerprint density at radius 1 is 1.33 bits per heavy atom. The normalized spacial score (nSPS) is 11.2. The van der Waals surface area contributed by atoms with E-state index in [-0.39, 0.29) is 0 Å². The zero-order valence-corrected chi connectivity index (χ0v) is 7.34. The van der Waals surface area contributed by atoms with E-state index in [1.165, 1.54) is 0 Å². The Kier molecular flexibility index (Phi) is 2.11. The van der Waals surface area contributed by atoms with Crippen LogP contribution in [-0.4, -0.2) is 22.7 Å². The van der Waals surface area contributed by atoms with E-state index in [1.54, 1.807) is 0 Å². The van der Waals surface area contributed by atoms with Crippen LogP contribution < -0.4 is 0 Å². The van der Waals surface area contributed by atoms with Gasteiger partial charge in [-0.2, -0.15) is 0 Å². The van der Waals surface area contributed by atoms with E-state index in [4.69, 9.17) is 0 Å². The SMILES string of the molecule is [CH3][Sn]([CH3])([CH3])[CH]=O. The van der Waals surface area contributed by atoms with Crippen LogP contribution in [0.25, 0.3) is 0 Å². The van der Waals surface area contributed by atoms with Gasteiger partial charge in [0.05, 0.1) is 0 Å². The quantitative estimate of drug-likeness (QED) is 0.449. The standard InChI is InChI=1S/CHO.3CH3.Sn/c1-2;;;;/h1H;3*1H3;. The molecule has 0 atom stereocenters. The van der Waals surface area contributed by atoms with Crippen molar-refractivity contribution >= 4 is 22.7 Å². The summed E-state index contributed by atoms with van der Waals surface area (Å²) < 4.78 is 1.15. The van der Waals surface area contributed by atoms with E-state index in [2.05, 4.69) is 14.8 Å². The zero-order chi connectivity index (χ0) is 5.21. The van der Waals surface area contributed by atoms with Crippen LogP contribution in [0.15, 0.2) is 0 Å². The van der Waals surface area contributed by atoms with Crippen molar-refractivity contribution in [2.24, 2.45) is 0 Å². The van der Waals surface area contributed by atoms with Gasteiger partial charge in [-0.15, -0.1) is 0 Å². The predicted molar refractivity (Wildman–Crippen MR) is 30.1 cm³/mol. The Balaban J connectivity index is 3.45. The first kappa shape index (κ1) is 6.47. The molecule has 0 amide bonds. The summed E-state index contributed by atoms with van der Waals surface area (Å²) in [5.74, 6) is 0. The summed E-state index contributed by atoms with van der Waals surface area (Å²) in [7, 11) is 0. The van der Waals surface area contributed by atoms with Crippen molar-refractivity contribution < 1.29 is 4.79 Å². The van der Waals surface area contributed by atoms with E-state index in [0.717, 1.165) is 4.30 Å². The van der Waals surface area contributed by atoms with Crippen LogP contribution in [0.5, 0.6) is 0 Å². The van der Waals surface area contributed by atoms with Gasteiger partial charge in [0, 0.05) is 0 Å². The van der Waals surface area contributed by atoms with Crippen molar-refractivity contribution in [1.82, 2.24) is 0 Å². The third-order valence-corrected chi connectivity index (χ3v) is 2.37. The second-order valence-electron chi connectivity index (χ2n) is 2.48.